The molecule has 7 heteroatoms. The second-order valence-electron chi connectivity index (χ2n) is 6.21. The zero-order valence-corrected chi connectivity index (χ0v) is 14.2. The lowest BCUT2D eigenvalue weighted by molar-refractivity contribution is -0.148. The summed E-state index contributed by atoms with van der Waals surface area (Å²) < 4.78 is 15.3. The Morgan fingerprint density at radius 3 is 2.38 bits per heavy atom. The van der Waals surface area contributed by atoms with E-state index in [4.69, 9.17) is 25.7 Å². The van der Waals surface area contributed by atoms with Gasteiger partial charge < -0.3 is 25.7 Å². The number of benzene rings is 1. The average Bonchev–Trinajstić information content (AvgIpc) is 2.52. The van der Waals surface area contributed by atoms with Gasteiger partial charge in [0.1, 0.15) is 11.3 Å². The molecule has 1 heterocycles. The largest absolute Gasteiger partial charge is 0.469 e. The monoisotopic (exact) mass is 334 g/mol. The van der Waals surface area contributed by atoms with Crippen molar-refractivity contribution in [1.82, 2.24) is 0 Å². The van der Waals surface area contributed by atoms with Crippen molar-refractivity contribution in [3.8, 4) is 5.75 Å². The van der Waals surface area contributed by atoms with E-state index in [1.807, 2.05) is 0 Å². The number of nitrogens with two attached hydrogens (primary N) is 2. The summed E-state index contributed by atoms with van der Waals surface area (Å²) >= 11 is 0. The molecule has 0 amide bonds. The lowest BCUT2D eigenvalue weighted by Crippen LogP contribution is -2.50. The zero-order valence-electron chi connectivity index (χ0n) is 14.2. The van der Waals surface area contributed by atoms with Gasteiger partial charge in [0.15, 0.2) is 0 Å². The average molecular weight is 334 g/mol. The third-order valence-corrected chi connectivity index (χ3v) is 4.05. The van der Waals surface area contributed by atoms with Crippen LogP contribution in [0.15, 0.2) is 35.7 Å². The molecule has 0 fully saturated rings. The van der Waals surface area contributed by atoms with E-state index in [-0.39, 0.29) is 11.5 Å². The lowest BCUT2D eigenvalue weighted by Gasteiger charge is -2.38. The molecule has 1 aromatic rings. The van der Waals surface area contributed by atoms with Crippen molar-refractivity contribution in [1.29, 1.82) is 0 Å². The molecule has 0 radical (unpaired) electrons. The molecule has 1 aromatic carbocycles. The van der Waals surface area contributed by atoms with Crippen molar-refractivity contribution < 1.29 is 23.8 Å². The number of rotatable bonds is 4. The molecule has 130 valence electrons. The smallest absolute Gasteiger partial charge is 0.339 e. The molecule has 2 atom stereocenters. The van der Waals surface area contributed by atoms with Crippen LogP contribution in [0.4, 0.5) is 0 Å². The summed E-state index contributed by atoms with van der Waals surface area (Å²) in [6, 6.07) is 7.02. The minimum atomic E-state index is -0.984. The number of para-hydroxylation sites is 1. The van der Waals surface area contributed by atoms with Crippen LogP contribution in [0.25, 0.3) is 0 Å². The molecule has 7 nitrogen and oxygen atoms in total. The van der Waals surface area contributed by atoms with Gasteiger partial charge in [0, 0.05) is 17.0 Å². The van der Waals surface area contributed by atoms with Gasteiger partial charge in [0.05, 0.1) is 20.1 Å². The van der Waals surface area contributed by atoms with Crippen LogP contribution < -0.4 is 16.2 Å². The summed E-state index contributed by atoms with van der Waals surface area (Å²) in [5.41, 5.74) is 11.9. The molecule has 0 bridgehead atoms. The highest BCUT2D eigenvalue weighted by Crippen LogP contribution is 2.45. The molecule has 0 spiro atoms. The van der Waals surface area contributed by atoms with Gasteiger partial charge in [-0.3, -0.25) is 4.79 Å². The molecule has 2 rings (SSSR count). The molecule has 0 aromatic heterocycles. The van der Waals surface area contributed by atoms with Crippen molar-refractivity contribution in [2.45, 2.75) is 25.3 Å². The first kappa shape index (κ1) is 17.8. The number of esters is 2. The highest BCUT2D eigenvalue weighted by atomic mass is 16.5. The van der Waals surface area contributed by atoms with Crippen LogP contribution in [0.2, 0.25) is 0 Å². The molecule has 0 aliphatic carbocycles. The van der Waals surface area contributed by atoms with E-state index in [2.05, 4.69) is 0 Å². The number of hydrogen-bond acceptors (Lipinski definition) is 7. The first-order chi connectivity index (χ1) is 11.2. The van der Waals surface area contributed by atoms with Crippen molar-refractivity contribution in [3.63, 3.8) is 0 Å². The number of hydrogen-bond donors (Lipinski definition) is 2. The Morgan fingerprint density at radius 2 is 1.83 bits per heavy atom. The quantitative estimate of drug-likeness (QED) is 0.790. The van der Waals surface area contributed by atoms with Gasteiger partial charge in [-0.15, -0.1) is 0 Å². The van der Waals surface area contributed by atoms with Crippen molar-refractivity contribution in [2.75, 3.05) is 14.2 Å². The Morgan fingerprint density at radius 1 is 1.21 bits per heavy atom. The Kier molecular flexibility index (Phi) is 4.84. The van der Waals surface area contributed by atoms with Gasteiger partial charge in [-0.1, -0.05) is 18.2 Å². The molecule has 1 aliphatic heterocycles. The predicted molar refractivity (Wildman–Crippen MR) is 86.8 cm³/mol. The maximum absolute atomic E-state index is 12.5. The van der Waals surface area contributed by atoms with E-state index in [9.17, 15) is 9.59 Å². The number of carbonyl (C=O) groups is 2. The van der Waals surface area contributed by atoms with E-state index in [1.54, 1.807) is 38.1 Å². The van der Waals surface area contributed by atoms with Gasteiger partial charge in [-0.2, -0.15) is 0 Å². The van der Waals surface area contributed by atoms with Crippen LogP contribution >= 0.6 is 0 Å². The molecule has 24 heavy (non-hydrogen) atoms. The van der Waals surface area contributed by atoms with E-state index < -0.39 is 29.3 Å². The number of methoxy groups -OCH3 is 2. The third-order valence-electron chi connectivity index (χ3n) is 4.05. The van der Waals surface area contributed by atoms with Crippen LogP contribution in [0.3, 0.4) is 0 Å². The van der Waals surface area contributed by atoms with Gasteiger partial charge in [0.25, 0.3) is 0 Å². The van der Waals surface area contributed by atoms with E-state index in [1.165, 1.54) is 14.2 Å². The maximum atomic E-state index is 12.5. The molecule has 2 unspecified atom stereocenters. The summed E-state index contributed by atoms with van der Waals surface area (Å²) in [5.74, 6) is -2.46. The topological polar surface area (TPSA) is 114 Å². The van der Waals surface area contributed by atoms with E-state index in [0.717, 1.165) is 0 Å². The second kappa shape index (κ2) is 6.52. The molecule has 0 saturated carbocycles. The minimum Gasteiger partial charge on any atom is -0.469 e. The molecule has 4 N–H and O–H groups in total. The van der Waals surface area contributed by atoms with Crippen LogP contribution in [-0.2, 0) is 19.1 Å². The van der Waals surface area contributed by atoms with Crippen molar-refractivity contribution >= 4 is 11.9 Å². The fourth-order valence-electron chi connectivity index (χ4n) is 2.99. The van der Waals surface area contributed by atoms with Crippen molar-refractivity contribution in [2.24, 2.45) is 17.4 Å². The Bertz CT molecular complexity index is 690. The summed E-state index contributed by atoms with van der Waals surface area (Å²) in [7, 11) is 2.51. The van der Waals surface area contributed by atoms with Gasteiger partial charge in [-0.05, 0) is 19.9 Å². The molecule has 0 saturated heterocycles. The first-order valence-electron chi connectivity index (χ1n) is 7.43. The molecular formula is C17H22N2O5. The Labute approximate surface area is 140 Å². The fourth-order valence-corrected chi connectivity index (χ4v) is 2.99. The van der Waals surface area contributed by atoms with E-state index in [0.29, 0.717) is 11.3 Å². The lowest BCUT2D eigenvalue weighted by atomic mass is 9.71. The molecular weight excluding hydrogens is 312 g/mol. The van der Waals surface area contributed by atoms with Gasteiger partial charge in [-0.25, -0.2) is 4.79 Å². The standard InChI is InChI=1S/C17H22N2O5/c1-17(2,19)13(16(21)23-4)11-9-7-5-6-8-10(9)24-14(18)12(11)15(20)22-3/h5-8,11,13H,18-19H2,1-4H3. The normalized spacial score (nSPS) is 18.3. The highest BCUT2D eigenvalue weighted by Gasteiger charge is 2.47. The Hall–Kier alpha value is -2.54. The van der Waals surface area contributed by atoms with Crippen LogP contribution in [-0.4, -0.2) is 31.7 Å². The number of fused-ring (bicyclic) bond motifs is 1. The minimum absolute atomic E-state index is 0.0603. The summed E-state index contributed by atoms with van der Waals surface area (Å²) in [6.07, 6.45) is 0. The van der Waals surface area contributed by atoms with Crippen LogP contribution in [0.1, 0.15) is 25.3 Å². The SMILES string of the molecule is COC(=O)C1=C(N)Oc2ccccc2C1C(C(=O)OC)C(C)(C)N. The third kappa shape index (κ3) is 3.07. The van der Waals surface area contributed by atoms with Gasteiger partial charge >= 0.3 is 11.9 Å². The zero-order chi connectivity index (χ0) is 18.1. The van der Waals surface area contributed by atoms with Gasteiger partial charge in [0.2, 0.25) is 5.88 Å². The number of ether oxygens (including phenoxy) is 3. The highest BCUT2D eigenvalue weighted by molar-refractivity contribution is 5.93. The van der Waals surface area contributed by atoms with E-state index >= 15 is 0 Å². The van der Waals surface area contributed by atoms with Crippen LogP contribution in [0, 0.1) is 5.92 Å². The fraction of sp³-hybridized carbons (Fsp3) is 0.412. The summed E-state index contributed by atoms with van der Waals surface area (Å²) in [6.45, 7) is 3.38. The molecule has 1 aliphatic rings. The number of carbonyl (C=O) groups excluding carboxylic acids is 2. The first-order valence-corrected chi connectivity index (χ1v) is 7.43. The second-order valence-corrected chi connectivity index (χ2v) is 6.21. The predicted octanol–water partition coefficient (Wildman–Crippen LogP) is 1.03. The van der Waals surface area contributed by atoms with Crippen molar-refractivity contribution in [3.05, 3.63) is 41.3 Å². The Balaban J connectivity index is 2.72. The maximum Gasteiger partial charge on any atom is 0.339 e. The summed E-state index contributed by atoms with van der Waals surface area (Å²) in [5, 5.41) is 0. The van der Waals surface area contributed by atoms with Crippen LogP contribution in [0.5, 0.6) is 5.75 Å². The summed E-state index contributed by atoms with van der Waals surface area (Å²) in [4.78, 5) is 24.8.